The number of rotatable bonds is 8. The number of nitrogens with one attached hydrogen (secondary N) is 2. The summed E-state index contributed by atoms with van der Waals surface area (Å²) in [6.45, 7) is 0.693. The Bertz CT molecular complexity index is 871. The van der Waals surface area contributed by atoms with E-state index in [1.165, 1.54) is 25.4 Å². The molecule has 2 aromatic rings. The van der Waals surface area contributed by atoms with Crippen molar-refractivity contribution in [2.24, 2.45) is 28.2 Å². The highest BCUT2D eigenvalue weighted by Gasteiger charge is 2.22. The van der Waals surface area contributed by atoms with Crippen molar-refractivity contribution >= 4 is 35.4 Å². The standard InChI is InChI=1S/C19H27N9O/c20-11-25-28-14-6-3-5-13(8-14)26-18-15(17(22)29)10-24-19(27-18)23-9-12-4-1-2-7-16(12)21/h3,5-6,8,10-12,16,28H,1-2,4,7,9,21H2,(H2,20,25)(H2,22,29)(H2,23,24,26,27)/p+1/t12-,16-/m0/s1. The van der Waals surface area contributed by atoms with E-state index >= 15 is 0 Å². The molecule has 1 saturated carbocycles. The molecule has 2 atom stereocenters. The summed E-state index contributed by atoms with van der Waals surface area (Å²) < 4.78 is 0. The maximum Gasteiger partial charge on any atom is 0.254 e. The number of quaternary nitrogens is 1. The fourth-order valence-corrected chi connectivity index (χ4v) is 3.42. The molecule has 0 radical (unpaired) electrons. The zero-order valence-electron chi connectivity index (χ0n) is 16.2. The maximum atomic E-state index is 11.8. The van der Waals surface area contributed by atoms with Gasteiger partial charge in [-0.25, -0.2) is 4.98 Å². The van der Waals surface area contributed by atoms with Gasteiger partial charge >= 0.3 is 0 Å². The molecule has 1 aliphatic rings. The Morgan fingerprint density at radius 3 is 2.93 bits per heavy atom. The summed E-state index contributed by atoms with van der Waals surface area (Å²) in [5, 5.41) is 10.3. The largest absolute Gasteiger partial charge is 0.385 e. The van der Waals surface area contributed by atoms with Crippen molar-refractivity contribution in [2.75, 3.05) is 17.2 Å². The Morgan fingerprint density at radius 1 is 1.34 bits per heavy atom. The predicted molar refractivity (Wildman–Crippen MR) is 113 cm³/mol. The number of aromatic nitrogens is 2. The van der Waals surface area contributed by atoms with Crippen molar-refractivity contribution in [3.05, 3.63) is 36.0 Å². The molecule has 1 fully saturated rings. The van der Waals surface area contributed by atoms with Gasteiger partial charge in [-0.3, -0.25) is 4.79 Å². The Balaban J connectivity index is 1.75. The van der Waals surface area contributed by atoms with Gasteiger partial charge in [0.25, 0.3) is 5.91 Å². The average Bonchev–Trinajstić information content (AvgIpc) is 2.72. The number of carbonyl (C=O) groups is 1. The van der Waals surface area contributed by atoms with E-state index in [9.17, 15) is 4.79 Å². The van der Waals surface area contributed by atoms with Crippen molar-refractivity contribution in [2.45, 2.75) is 31.7 Å². The van der Waals surface area contributed by atoms with Gasteiger partial charge in [0, 0.05) is 36.6 Å². The highest BCUT2D eigenvalue weighted by Crippen LogP contribution is 2.24. The second-order valence-corrected chi connectivity index (χ2v) is 7.09. The van der Waals surface area contributed by atoms with Crippen molar-refractivity contribution in [1.29, 1.82) is 0 Å². The lowest BCUT2D eigenvalue weighted by molar-refractivity contribution is -0.577. The Kier molecular flexibility index (Phi) is 6.93. The van der Waals surface area contributed by atoms with Crippen molar-refractivity contribution in [3.8, 4) is 0 Å². The number of amides is 1. The van der Waals surface area contributed by atoms with Crippen LogP contribution in [0.15, 0.2) is 35.6 Å². The minimum absolute atomic E-state index is 0.189. The Labute approximate surface area is 169 Å². The predicted octanol–water partition coefficient (Wildman–Crippen LogP) is 0.345. The van der Waals surface area contributed by atoms with E-state index in [4.69, 9.17) is 17.2 Å². The van der Waals surface area contributed by atoms with Crippen LogP contribution in [-0.4, -0.2) is 34.8 Å². The summed E-state index contributed by atoms with van der Waals surface area (Å²) in [6, 6.07) is 7.63. The third-order valence-corrected chi connectivity index (χ3v) is 5.00. The van der Waals surface area contributed by atoms with Crippen LogP contribution in [0.25, 0.3) is 0 Å². The Hall–Kier alpha value is -3.24. The quantitative estimate of drug-likeness (QED) is 0.122. The molecule has 0 unspecified atom stereocenters. The first-order chi connectivity index (χ1) is 14.1. The molecule has 1 aromatic carbocycles. The molecular formula is C19H28N9O+. The number of nitrogens with zero attached hydrogens (tertiary/aromatic N) is 3. The third kappa shape index (κ3) is 5.62. The lowest BCUT2D eigenvalue weighted by atomic mass is 9.85. The van der Waals surface area contributed by atoms with Crippen LogP contribution in [-0.2, 0) is 0 Å². The van der Waals surface area contributed by atoms with Crippen LogP contribution in [0.1, 0.15) is 36.0 Å². The first-order valence-electron chi connectivity index (χ1n) is 9.67. The molecule has 0 bridgehead atoms. The van der Waals surface area contributed by atoms with Crippen LogP contribution in [0.2, 0.25) is 0 Å². The van der Waals surface area contributed by atoms with Crippen LogP contribution in [0.4, 0.5) is 23.1 Å². The van der Waals surface area contributed by atoms with E-state index in [-0.39, 0.29) is 11.6 Å². The number of nitrogens with two attached hydrogens (primary N) is 4. The highest BCUT2D eigenvalue weighted by molar-refractivity contribution is 5.98. The molecule has 3 rings (SSSR count). The van der Waals surface area contributed by atoms with Gasteiger partial charge in [0.1, 0.15) is 17.7 Å². The van der Waals surface area contributed by atoms with E-state index < -0.39 is 5.91 Å². The molecule has 0 spiro atoms. The van der Waals surface area contributed by atoms with Gasteiger partial charge in [-0.05, 0) is 24.8 Å². The van der Waals surface area contributed by atoms with Crippen molar-refractivity contribution < 1.29 is 10.2 Å². The van der Waals surface area contributed by atoms with E-state index in [0.29, 0.717) is 24.2 Å². The monoisotopic (exact) mass is 398 g/mol. The number of benzene rings is 1. The number of hydrogen-bond acceptors (Lipinski definition) is 7. The molecule has 0 saturated heterocycles. The van der Waals surface area contributed by atoms with Gasteiger partial charge in [0.05, 0.1) is 0 Å². The summed E-state index contributed by atoms with van der Waals surface area (Å²) >= 11 is 0. The number of anilines is 3. The summed E-state index contributed by atoms with van der Waals surface area (Å²) in [4.78, 5) is 20.5. The minimum atomic E-state index is -0.608. The second kappa shape index (κ2) is 9.80. The SMILES string of the molecule is N/C=N\[NH2+]c1cccc(Nc2nc(NC[C@@H]3CCCC[C@@H]3N)ncc2C(N)=O)c1. The van der Waals surface area contributed by atoms with E-state index in [2.05, 4.69) is 25.7 Å². The first kappa shape index (κ1) is 20.5. The molecular weight excluding hydrogens is 370 g/mol. The van der Waals surface area contributed by atoms with Crippen molar-refractivity contribution in [1.82, 2.24) is 9.97 Å². The van der Waals surface area contributed by atoms with Gasteiger partial charge in [-0.15, -0.1) is 0 Å². The van der Waals surface area contributed by atoms with E-state index in [0.717, 1.165) is 24.2 Å². The molecule has 10 N–H and O–H groups in total. The highest BCUT2D eigenvalue weighted by atomic mass is 16.1. The molecule has 0 aliphatic heterocycles. The molecule has 1 aromatic heterocycles. The fourth-order valence-electron chi connectivity index (χ4n) is 3.42. The van der Waals surface area contributed by atoms with Gasteiger partial charge in [0.2, 0.25) is 5.95 Å². The zero-order valence-corrected chi connectivity index (χ0v) is 16.2. The lowest BCUT2D eigenvalue weighted by Crippen LogP contribution is -2.71. The number of hydrogen-bond donors (Lipinski definition) is 6. The number of primary amides is 1. The average molecular weight is 398 g/mol. The maximum absolute atomic E-state index is 11.8. The number of carbonyl (C=O) groups excluding carboxylic acids is 1. The van der Waals surface area contributed by atoms with Crippen LogP contribution in [0.3, 0.4) is 0 Å². The van der Waals surface area contributed by atoms with Crippen LogP contribution >= 0.6 is 0 Å². The summed E-state index contributed by atoms with van der Waals surface area (Å²) in [5.74, 6) is 0.534. The van der Waals surface area contributed by atoms with Crippen molar-refractivity contribution in [3.63, 3.8) is 0 Å². The van der Waals surface area contributed by atoms with Gasteiger partial charge in [-0.2, -0.15) is 10.4 Å². The van der Waals surface area contributed by atoms with Gasteiger partial charge in [-0.1, -0.05) is 24.0 Å². The molecule has 10 nitrogen and oxygen atoms in total. The lowest BCUT2D eigenvalue weighted by Gasteiger charge is -2.28. The zero-order chi connectivity index (χ0) is 20.6. The van der Waals surface area contributed by atoms with E-state index in [1.807, 2.05) is 24.3 Å². The van der Waals surface area contributed by atoms with Crippen LogP contribution in [0, 0.1) is 5.92 Å². The van der Waals surface area contributed by atoms with E-state index in [1.54, 1.807) is 5.43 Å². The fraction of sp³-hybridized carbons (Fsp3) is 0.368. The van der Waals surface area contributed by atoms with Gasteiger partial charge in [0.15, 0.2) is 5.69 Å². The summed E-state index contributed by atoms with van der Waals surface area (Å²) in [6.07, 6.45) is 7.15. The molecule has 1 amide bonds. The first-order valence-corrected chi connectivity index (χ1v) is 9.67. The molecule has 29 heavy (non-hydrogen) atoms. The molecule has 1 aliphatic carbocycles. The smallest absolute Gasteiger partial charge is 0.254 e. The molecule has 10 heteroatoms. The normalized spacial score (nSPS) is 19.2. The topological polar surface area (TPSA) is 174 Å². The third-order valence-electron chi connectivity index (χ3n) is 5.00. The van der Waals surface area contributed by atoms with Gasteiger partial charge < -0.3 is 27.8 Å². The molecule has 154 valence electrons. The summed E-state index contributed by atoms with van der Waals surface area (Å²) in [5.41, 5.74) is 20.4. The summed E-state index contributed by atoms with van der Waals surface area (Å²) in [7, 11) is 0. The minimum Gasteiger partial charge on any atom is -0.385 e. The van der Waals surface area contributed by atoms with Crippen LogP contribution in [0.5, 0.6) is 0 Å². The second-order valence-electron chi connectivity index (χ2n) is 7.09. The Morgan fingerprint density at radius 2 is 2.17 bits per heavy atom. The molecule has 1 heterocycles. The van der Waals surface area contributed by atoms with Crippen LogP contribution < -0.4 is 33.3 Å².